The topological polar surface area (TPSA) is 37.4 Å². The molecule has 106 valence electrons. The highest BCUT2D eigenvalue weighted by molar-refractivity contribution is 7.99. The van der Waals surface area contributed by atoms with Gasteiger partial charge in [-0.1, -0.05) is 23.7 Å². The summed E-state index contributed by atoms with van der Waals surface area (Å²) < 4.78 is 0. The number of imide groups is 1. The molecule has 0 bridgehead atoms. The Bertz CT molecular complexity index is 665. The summed E-state index contributed by atoms with van der Waals surface area (Å²) >= 11 is 7.43. The van der Waals surface area contributed by atoms with Crippen LogP contribution in [0.2, 0.25) is 5.02 Å². The van der Waals surface area contributed by atoms with E-state index in [0.717, 1.165) is 4.90 Å². The van der Waals surface area contributed by atoms with Crippen LogP contribution in [0.4, 0.5) is 0 Å². The number of fused-ring (bicyclic) bond motifs is 1. The second kappa shape index (κ2) is 5.92. The molecular formula is C16H12ClNO2S. The van der Waals surface area contributed by atoms with Crippen molar-refractivity contribution in [2.45, 2.75) is 4.90 Å². The molecule has 1 aliphatic rings. The molecule has 0 aliphatic carbocycles. The highest BCUT2D eigenvalue weighted by atomic mass is 35.5. The average molecular weight is 318 g/mol. The van der Waals surface area contributed by atoms with E-state index >= 15 is 0 Å². The number of rotatable bonds is 4. The maximum Gasteiger partial charge on any atom is 0.261 e. The molecule has 2 aromatic rings. The lowest BCUT2D eigenvalue weighted by molar-refractivity contribution is 0.0664. The predicted octanol–water partition coefficient (Wildman–Crippen LogP) is 3.73. The average Bonchev–Trinajstić information content (AvgIpc) is 2.75. The lowest BCUT2D eigenvalue weighted by Crippen LogP contribution is -2.31. The van der Waals surface area contributed by atoms with E-state index in [9.17, 15) is 9.59 Å². The first-order valence-electron chi connectivity index (χ1n) is 6.50. The molecule has 3 rings (SSSR count). The van der Waals surface area contributed by atoms with Crippen molar-refractivity contribution in [3.05, 3.63) is 64.7 Å². The number of halogens is 1. The molecule has 1 aliphatic heterocycles. The van der Waals surface area contributed by atoms with E-state index in [2.05, 4.69) is 0 Å². The van der Waals surface area contributed by atoms with Gasteiger partial charge in [-0.3, -0.25) is 14.5 Å². The molecule has 1 heterocycles. The number of carbonyl (C=O) groups is 2. The first-order valence-corrected chi connectivity index (χ1v) is 7.87. The molecular weight excluding hydrogens is 306 g/mol. The van der Waals surface area contributed by atoms with Gasteiger partial charge in [0, 0.05) is 22.2 Å². The molecule has 0 fully saturated rings. The summed E-state index contributed by atoms with van der Waals surface area (Å²) in [6.07, 6.45) is 0. The van der Waals surface area contributed by atoms with E-state index in [0.29, 0.717) is 28.4 Å². The highest BCUT2D eigenvalue weighted by Crippen LogP contribution is 2.24. The van der Waals surface area contributed by atoms with E-state index in [-0.39, 0.29) is 11.8 Å². The van der Waals surface area contributed by atoms with Crippen LogP contribution in [0.15, 0.2) is 53.4 Å². The number of thioether (sulfide) groups is 1. The normalized spacial score (nSPS) is 13.7. The second-order valence-electron chi connectivity index (χ2n) is 4.61. The van der Waals surface area contributed by atoms with Crippen molar-refractivity contribution < 1.29 is 9.59 Å². The van der Waals surface area contributed by atoms with Crippen molar-refractivity contribution in [1.82, 2.24) is 4.90 Å². The smallest absolute Gasteiger partial charge is 0.261 e. The van der Waals surface area contributed by atoms with Crippen LogP contribution in [0.3, 0.4) is 0 Å². The summed E-state index contributed by atoms with van der Waals surface area (Å²) in [5.74, 6) is 0.257. The number of hydrogen-bond acceptors (Lipinski definition) is 3. The molecule has 2 amide bonds. The van der Waals surface area contributed by atoms with Gasteiger partial charge in [0.25, 0.3) is 11.8 Å². The molecule has 3 nitrogen and oxygen atoms in total. The second-order valence-corrected chi connectivity index (χ2v) is 6.21. The number of nitrogens with zero attached hydrogens (tertiary/aromatic N) is 1. The zero-order valence-electron chi connectivity index (χ0n) is 11.1. The van der Waals surface area contributed by atoms with Crippen molar-refractivity contribution in [3.63, 3.8) is 0 Å². The Morgan fingerprint density at radius 2 is 1.48 bits per heavy atom. The third-order valence-electron chi connectivity index (χ3n) is 3.28. The molecule has 5 heteroatoms. The summed E-state index contributed by atoms with van der Waals surface area (Å²) in [5, 5.41) is 0.694. The van der Waals surface area contributed by atoms with Crippen LogP contribution < -0.4 is 0 Å². The van der Waals surface area contributed by atoms with Gasteiger partial charge in [0.05, 0.1) is 11.1 Å². The molecule has 0 radical (unpaired) electrons. The lowest BCUT2D eigenvalue weighted by atomic mass is 10.1. The third kappa shape index (κ3) is 2.82. The summed E-state index contributed by atoms with van der Waals surface area (Å²) in [6, 6.07) is 14.4. The van der Waals surface area contributed by atoms with E-state index in [4.69, 9.17) is 11.6 Å². The van der Waals surface area contributed by atoms with Crippen molar-refractivity contribution in [2.75, 3.05) is 12.3 Å². The molecule has 0 N–H and O–H groups in total. The largest absolute Gasteiger partial charge is 0.273 e. The number of benzene rings is 2. The van der Waals surface area contributed by atoms with E-state index in [1.54, 1.807) is 36.0 Å². The van der Waals surface area contributed by atoms with E-state index in [1.807, 2.05) is 24.3 Å². The minimum absolute atomic E-state index is 0.202. The zero-order valence-corrected chi connectivity index (χ0v) is 12.7. The number of hydrogen-bond donors (Lipinski definition) is 0. The van der Waals surface area contributed by atoms with Crippen LogP contribution >= 0.6 is 23.4 Å². The Morgan fingerprint density at radius 3 is 2.05 bits per heavy atom. The molecule has 21 heavy (non-hydrogen) atoms. The van der Waals surface area contributed by atoms with Crippen LogP contribution in [-0.4, -0.2) is 29.0 Å². The Balaban J connectivity index is 1.63. The fourth-order valence-corrected chi connectivity index (χ4v) is 3.19. The molecule has 0 atom stereocenters. The molecule has 0 saturated heterocycles. The Kier molecular flexibility index (Phi) is 3.99. The standard InChI is InChI=1S/C16H12ClNO2S/c17-11-5-7-12(8-6-11)21-10-9-18-15(19)13-3-1-2-4-14(13)16(18)20/h1-8H,9-10H2. The van der Waals surface area contributed by atoms with Crippen molar-refractivity contribution in [2.24, 2.45) is 0 Å². The first kappa shape index (κ1) is 14.2. The van der Waals surface area contributed by atoms with Gasteiger partial charge >= 0.3 is 0 Å². The van der Waals surface area contributed by atoms with Gasteiger partial charge in [-0.05, 0) is 36.4 Å². The van der Waals surface area contributed by atoms with Gasteiger partial charge < -0.3 is 0 Å². The Labute approximate surface area is 131 Å². The van der Waals surface area contributed by atoms with Gasteiger partial charge in [0.15, 0.2) is 0 Å². The van der Waals surface area contributed by atoms with Crippen LogP contribution in [0.5, 0.6) is 0 Å². The Morgan fingerprint density at radius 1 is 0.905 bits per heavy atom. The summed E-state index contributed by atoms with van der Waals surface area (Å²) in [4.78, 5) is 26.7. The van der Waals surface area contributed by atoms with Gasteiger partial charge in [0.1, 0.15) is 0 Å². The maximum absolute atomic E-state index is 12.2. The van der Waals surface area contributed by atoms with Gasteiger partial charge in [-0.2, -0.15) is 0 Å². The van der Waals surface area contributed by atoms with Crippen LogP contribution in [0, 0.1) is 0 Å². The first-order chi connectivity index (χ1) is 10.2. The minimum atomic E-state index is -0.202. The summed E-state index contributed by atoms with van der Waals surface area (Å²) in [5.41, 5.74) is 0.998. The molecule has 0 aromatic heterocycles. The fourth-order valence-electron chi connectivity index (χ4n) is 2.23. The van der Waals surface area contributed by atoms with Crippen molar-refractivity contribution in [3.8, 4) is 0 Å². The molecule has 2 aromatic carbocycles. The SMILES string of the molecule is O=C1c2ccccc2C(=O)N1CCSc1ccc(Cl)cc1. The minimum Gasteiger partial charge on any atom is -0.273 e. The molecule has 0 saturated carbocycles. The third-order valence-corrected chi connectivity index (χ3v) is 4.52. The maximum atomic E-state index is 12.2. The molecule has 0 unspecified atom stereocenters. The predicted molar refractivity (Wildman–Crippen MR) is 84.0 cm³/mol. The Hall–Kier alpha value is -1.78. The molecule has 0 spiro atoms. The van der Waals surface area contributed by atoms with E-state index in [1.165, 1.54) is 4.90 Å². The lowest BCUT2D eigenvalue weighted by Gasteiger charge is -2.13. The van der Waals surface area contributed by atoms with Gasteiger partial charge in [-0.25, -0.2) is 0 Å². The van der Waals surface area contributed by atoms with Crippen molar-refractivity contribution in [1.29, 1.82) is 0 Å². The van der Waals surface area contributed by atoms with Crippen LogP contribution in [0.25, 0.3) is 0 Å². The van der Waals surface area contributed by atoms with Crippen LogP contribution in [-0.2, 0) is 0 Å². The monoisotopic (exact) mass is 317 g/mol. The summed E-state index contributed by atoms with van der Waals surface area (Å²) in [7, 11) is 0. The number of amides is 2. The van der Waals surface area contributed by atoms with Crippen LogP contribution in [0.1, 0.15) is 20.7 Å². The van der Waals surface area contributed by atoms with Gasteiger partial charge in [0.2, 0.25) is 0 Å². The zero-order chi connectivity index (χ0) is 14.8. The van der Waals surface area contributed by atoms with Crippen molar-refractivity contribution >= 4 is 35.2 Å². The summed E-state index contributed by atoms with van der Waals surface area (Å²) in [6.45, 7) is 0.402. The highest BCUT2D eigenvalue weighted by Gasteiger charge is 2.34. The fraction of sp³-hybridized carbons (Fsp3) is 0.125. The van der Waals surface area contributed by atoms with Gasteiger partial charge in [-0.15, -0.1) is 11.8 Å². The quantitative estimate of drug-likeness (QED) is 0.637. The number of carbonyl (C=O) groups excluding carboxylic acids is 2. The van der Waals surface area contributed by atoms with E-state index < -0.39 is 0 Å².